The van der Waals surface area contributed by atoms with Gasteiger partial charge < -0.3 is 14.7 Å². The first kappa shape index (κ1) is 14.2. The minimum absolute atomic E-state index is 0.0836. The Hall–Kier alpha value is -1.23. The number of methoxy groups -OCH3 is 1. The van der Waals surface area contributed by atoms with E-state index in [4.69, 9.17) is 4.74 Å². The number of carbonyl (C=O) groups is 1. The van der Waals surface area contributed by atoms with Gasteiger partial charge >= 0.3 is 0 Å². The molecule has 1 aromatic rings. The first-order valence-corrected chi connectivity index (χ1v) is 7.25. The van der Waals surface area contributed by atoms with Gasteiger partial charge in [0.1, 0.15) is 0 Å². The van der Waals surface area contributed by atoms with Crippen molar-refractivity contribution in [3.63, 3.8) is 0 Å². The molecule has 19 heavy (non-hydrogen) atoms. The molecule has 1 aliphatic heterocycles. The van der Waals surface area contributed by atoms with Gasteiger partial charge in [-0.25, -0.2) is 0 Å². The standard InChI is InChI=1S/C14H18BrNO3/c1-9-6-7-16(8-11(9)15)14(18)10-4-3-5-12(19-2)13(10)17/h3-5,9,11,17H,6-8H2,1-2H3. The summed E-state index contributed by atoms with van der Waals surface area (Å²) in [4.78, 5) is 14.5. The van der Waals surface area contributed by atoms with Crippen LogP contribution in [-0.2, 0) is 0 Å². The largest absolute Gasteiger partial charge is 0.504 e. The van der Waals surface area contributed by atoms with Crippen LogP contribution in [0, 0.1) is 5.92 Å². The van der Waals surface area contributed by atoms with Crippen LogP contribution in [0.4, 0.5) is 0 Å². The van der Waals surface area contributed by atoms with E-state index in [0.717, 1.165) is 13.0 Å². The zero-order valence-corrected chi connectivity index (χ0v) is 12.7. The zero-order chi connectivity index (χ0) is 14.0. The van der Waals surface area contributed by atoms with Crippen molar-refractivity contribution in [2.75, 3.05) is 20.2 Å². The maximum atomic E-state index is 12.4. The number of amides is 1. The molecule has 2 unspecified atom stereocenters. The molecule has 2 rings (SSSR count). The number of likely N-dealkylation sites (tertiary alicyclic amines) is 1. The van der Waals surface area contributed by atoms with Gasteiger partial charge in [0.25, 0.3) is 5.91 Å². The Morgan fingerprint density at radius 2 is 2.26 bits per heavy atom. The second kappa shape index (κ2) is 5.82. The quantitative estimate of drug-likeness (QED) is 0.849. The van der Waals surface area contributed by atoms with Gasteiger partial charge in [-0.2, -0.15) is 0 Å². The lowest BCUT2D eigenvalue weighted by atomic mass is 9.98. The summed E-state index contributed by atoms with van der Waals surface area (Å²) in [5.41, 5.74) is 0.300. The van der Waals surface area contributed by atoms with Crippen LogP contribution in [0.2, 0.25) is 0 Å². The maximum Gasteiger partial charge on any atom is 0.257 e. The van der Waals surface area contributed by atoms with Crippen LogP contribution >= 0.6 is 15.9 Å². The molecule has 5 heteroatoms. The van der Waals surface area contributed by atoms with Crippen molar-refractivity contribution in [1.82, 2.24) is 4.90 Å². The van der Waals surface area contributed by atoms with Gasteiger partial charge in [0.15, 0.2) is 11.5 Å². The maximum absolute atomic E-state index is 12.4. The lowest BCUT2D eigenvalue weighted by Gasteiger charge is -2.34. The SMILES string of the molecule is COc1cccc(C(=O)N2CCC(C)C(Br)C2)c1O. The molecule has 0 radical (unpaired) electrons. The Balaban J connectivity index is 2.20. The van der Waals surface area contributed by atoms with E-state index in [-0.39, 0.29) is 11.7 Å². The topological polar surface area (TPSA) is 49.8 Å². The second-order valence-corrected chi connectivity index (χ2v) is 6.07. The minimum atomic E-state index is -0.146. The van der Waals surface area contributed by atoms with Gasteiger partial charge in [-0.1, -0.05) is 28.9 Å². The molecule has 0 aromatic heterocycles. The lowest BCUT2D eigenvalue weighted by molar-refractivity contribution is 0.0702. The van der Waals surface area contributed by atoms with E-state index in [1.807, 2.05) is 0 Å². The predicted molar refractivity (Wildman–Crippen MR) is 77.1 cm³/mol. The number of alkyl halides is 1. The average Bonchev–Trinajstić information content (AvgIpc) is 2.41. The zero-order valence-electron chi connectivity index (χ0n) is 11.1. The van der Waals surface area contributed by atoms with Crippen LogP contribution < -0.4 is 4.74 Å². The number of halogens is 1. The van der Waals surface area contributed by atoms with Gasteiger partial charge in [0, 0.05) is 17.9 Å². The highest BCUT2D eigenvalue weighted by molar-refractivity contribution is 9.09. The fraction of sp³-hybridized carbons (Fsp3) is 0.500. The molecule has 1 aromatic carbocycles. The Morgan fingerprint density at radius 3 is 2.89 bits per heavy atom. The molecule has 0 bridgehead atoms. The molecule has 1 fully saturated rings. The molecule has 1 N–H and O–H groups in total. The molecule has 104 valence electrons. The van der Waals surface area contributed by atoms with E-state index in [2.05, 4.69) is 22.9 Å². The number of phenolic OH excluding ortho intramolecular Hbond substituents is 1. The monoisotopic (exact) mass is 327 g/mol. The summed E-state index contributed by atoms with van der Waals surface area (Å²) in [5, 5.41) is 10.0. The number of nitrogens with zero attached hydrogens (tertiary/aromatic N) is 1. The van der Waals surface area contributed by atoms with Crippen molar-refractivity contribution in [1.29, 1.82) is 0 Å². The lowest BCUT2D eigenvalue weighted by Crippen LogP contribution is -2.43. The van der Waals surface area contributed by atoms with Gasteiger partial charge in [-0.3, -0.25) is 4.79 Å². The van der Waals surface area contributed by atoms with E-state index in [1.165, 1.54) is 7.11 Å². The molecule has 0 spiro atoms. The van der Waals surface area contributed by atoms with E-state index in [1.54, 1.807) is 23.1 Å². The van der Waals surface area contributed by atoms with Crippen LogP contribution in [0.15, 0.2) is 18.2 Å². The first-order valence-electron chi connectivity index (χ1n) is 6.34. The highest BCUT2D eigenvalue weighted by Gasteiger charge is 2.29. The number of benzene rings is 1. The molecule has 1 saturated heterocycles. The third-order valence-electron chi connectivity index (χ3n) is 3.60. The molecule has 1 heterocycles. The van der Waals surface area contributed by atoms with E-state index in [9.17, 15) is 9.90 Å². The molecule has 0 saturated carbocycles. The summed E-state index contributed by atoms with van der Waals surface area (Å²) in [6.07, 6.45) is 0.965. The second-order valence-electron chi connectivity index (χ2n) is 4.89. The fourth-order valence-corrected chi connectivity index (χ4v) is 2.85. The molecule has 1 amide bonds. The Morgan fingerprint density at radius 1 is 1.53 bits per heavy atom. The van der Waals surface area contributed by atoms with Crippen molar-refractivity contribution >= 4 is 21.8 Å². The van der Waals surface area contributed by atoms with Gasteiger partial charge in [-0.15, -0.1) is 0 Å². The molecule has 4 nitrogen and oxygen atoms in total. The number of ether oxygens (including phenoxy) is 1. The Kier molecular flexibility index (Phi) is 4.34. The van der Waals surface area contributed by atoms with E-state index < -0.39 is 0 Å². The highest BCUT2D eigenvalue weighted by Crippen LogP contribution is 2.32. The first-order chi connectivity index (χ1) is 9.04. The third-order valence-corrected chi connectivity index (χ3v) is 4.80. The number of hydrogen-bond donors (Lipinski definition) is 1. The molecular weight excluding hydrogens is 310 g/mol. The van der Waals surface area contributed by atoms with Gasteiger partial charge in [0.05, 0.1) is 12.7 Å². The summed E-state index contributed by atoms with van der Waals surface area (Å²) >= 11 is 3.60. The summed E-state index contributed by atoms with van der Waals surface area (Å²) in [6.45, 7) is 3.56. The average molecular weight is 328 g/mol. The van der Waals surface area contributed by atoms with E-state index in [0.29, 0.717) is 28.6 Å². The molecular formula is C14H18BrNO3. The number of hydrogen-bond acceptors (Lipinski definition) is 3. The summed E-state index contributed by atoms with van der Waals surface area (Å²) < 4.78 is 5.03. The smallest absolute Gasteiger partial charge is 0.257 e. The van der Waals surface area contributed by atoms with Crippen LogP contribution in [0.25, 0.3) is 0 Å². The molecule has 0 aliphatic carbocycles. The van der Waals surface area contributed by atoms with Crippen LogP contribution in [0.5, 0.6) is 11.5 Å². The number of rotatable bonds is 2. The third kappa shape index (κ3) is 2.86. The van der Waals surface area contributed by atoms with E-state index >= 15 is 0 Å². The van der Waals surface area contributed by atoms with Crippen molar-refractivity contribution < 1.29 is 14.6 Å². The Labute approximate surface area is 121 Å². The van der Waals surface area contributed by atoms with Crippen molar-refractivity contribution in [2.45, 2.75) is 18.2 Å². The van der Waals surface area contributed by atoms with Gasteiger partial charge in [0.2, 0.25) is 0 Å². The van der Waals surface area contributed by atoms with Crippen molar-refractivity contribution in [3.05, 3.63) is 23.8 Å². The van der Waals surface area contributed by atoms with Crippen LogP contribution in [-0.4, -0.2) is 40.9 Å². The molecule has 1 aliphatic rings. The summed E-state index contributed by atoms with van der Waals surface area (Å²) in [7, 11) is 1.47. The fourth-order valence-electron chi connectivity index (χ4n) is 2.24. The highest BCUT2D eigenvalue weighted by atomic mass is 79.9. The number of piperidine rings is 1. The van der Waals surface area contributed by atoms with Crippen LogP contribution in [0.1, 0.15) is 23.7 Å². The number of carbonyl (C=O) groups excluding carboxylic acids is 1. The summed E-state index contributed by atoms with van der Waals surface area (Å²) in [5.74, 6) is 0.655. The van der Waals surface area contributed by atoms with Gasteiger partial charge in [-0.05, 0) is 24.5 Å². The molecule has 2 atom stereocenters. The number of para-hydroxylation sites is 1. The number of phenols is 1. The number of aromatic hydroxyl groups is 1. The van der Waals surface area contributed by atoms with Crippen molar-refractivity contribution in [2.24, 2.45) is 5.92 Å². The normalized spacial score (nSPS) is 23.2. The van der Waals surface area contributed by atoms with Crippen molar-refractivity contribution in [3.8, 4) is 11.5 Å². The minimum Gasteiger partial charge on any atom is -0.504 e. The Bertz CT molecular complexity index is 478. The predicted octanol–water partition coefficient (Wildman–Crippen LogP) is 2.65. The van der Waals surface area contributed by atoms with Crippen LogP contribution in [0.3, 0.4) is 0 Å². The summed E-state index contributed by atoms with van der Waals surface area (Å²) in [6, 6.07) is 4.98.